The first kappa shape index (κ1) is 14.1. The third-order valence-corrected chi connectivity index (χ3v) is 4.02. The summed E-state index contributed by atoms with van der Waals surface area (Å²) in [6.45, 7) is 0.965. The molecule has 2 N–H and O–H groups in total. The Morgan fingerprint density at radius 2 is 2.14 bits per heavy atom. The van der Waals surface area contributed by atoms with Crippen LogP contribution in [0.4, 0.5) is 5.82 Å². The highest BCUT2D eigenvalue weighted by molar-refractivity contribution is 7.71. The number of H-pyrrole nitrogens is 1. The van der Waals surface area contributed by atoms with Crippen molar-refractivity contribution in [1.29, 1.82) is 0 Å². The molecule has 0 amide bonds. The second kappa shape index (κ2) is 6.26. The Hall–Kier alpha value is -1.88. The zero-order valence-corrected chi connectivity index (χ0v) is 12.9. The molecule has 1 aliphatic rings. The van der Waals surface area contributed by atoms with Crippen molar-refractivity contribution in [2.24, 2.45) is 0 Å². The molecule has 0 saturated carbocycles. The van der Waals surface area contributed by atoms with Crippen LogP contribution in [0.15, 0.2) is 24.3 Å². The van der Waals surface area contributed by atoms with Crippen LogP contribution in [-0.2, 0) is 12.8 Å². The van der Waals surface area contributed by atoms with E-state index in [4.69, 9.17) is 17.0 Å². The zero-order chi connectivity index (χ0) is 14.7. The molecule has 0 atom stereocenters. The topological polar surface area (TPSA) is 49.9 Å². The van der Waals surface area contributed by atoms with Gasteiger partial charge in [0.05, 0.1) is 7.11 Å². The second-order valence-electron chi connectivity index (χ2n) is 5.22. The van der Waals surface area contributed by atoms with Gasteiger partial charge in [-0.25, -0.2) is 4.98 Å². The molecule has 0 aliphatic carbocycles. The van der Waals surface area contributed by atoms with Crippen LogP contribution in [0.1, 0.15) is 29.7 Å². The molecule has 0 unspecified atom stereocenters. The van der Waals surface area contributed by atoms with Crippen molar-refractivity contribution in [3.63, 3.8) is 0 Å². The third kappa shape index (κ3) is 3.08. The van der Waals surface area contributed by atoms with Crippen LogP contribution in [0.5, 0.6) is 5.75 Å². The van der Waals surface area contributed by atoms with Gasteiger partial charge in [-0.3, -0.25) is 0 Å². The molecular formula is C16H19N3OS. The van der Waals surface area contributed by atoms with Crippen LogP contribution < -0.4 is 10.1 Å². The van der Waals surface area contributed by atoms with Crippen LogP contribution in [-0.4, -0.2) is 23.6 Å². The number of fused-ring (bicyclic) bond motifs is 1. The zero-order valence-electron chi connectivity index (χ0n) is 12.1. The smallest absolute Gasteiger partial charge is 0.198 e. The number of methoxy groups -OCH3 is 1. The van der Waals surface area contributed by atoms with Crippen molar-refractivity contribution in [1.82, 2.24) is 9.97 Å². The van der Waals surface area contributed by atoms with Crippen molar-refractivity contribution in [3.05, 3.63) is 45.9 Å². The van der Waals surface area contributed by atoms with Gasteiger partial charge in [0, 0.05) is 24.2 Å². The van der Waals surface area contributed by atoms with Crippen LogP contribution in [0.2, 0.25) is 0 Å². The molecule has 2 heterocycles. The van der Waals surface area contributed by atoms with Gasteiger partial charge >= 0.3 is 0 Å². The number of nitrogens with one attached hydrogen (secondary N) is 2. The summed E-state index contributed by atoms with van der Waals surface area (Å²) in [6.07, 6.45) is 4.15. The Bertz CT molecular complexity index is 696. The third-order valence-electron chi connectivity index (χ3n) is 3.83. The number of nitrogens with zero attached hydrogens (tertiary/aromatic N) is 1. The lowest BCUT2D eigenvalue weighted by Gasteiger charge is -2.14. The van der Waals surface area contributed by atoms with Gasteiger partial charge in [-0.2, -0.15) is 0 Å². The predicted octanol–water partition coefficient (Wildman–Crippen LogP) is 3.49. The fourth-order valence-electron chi connectivity index (χ4n) is 2.78. The molecule has 3 rings (SSSR count). The first-order valence-corrected chi connectivity index (χ1v) is 7.66. The number of hydrogen-bond acceptors (Lipinski definition) is 4. The molecule has 4 nitrogen and oxygen atoms in total. The van der Waals surface area contributed by atoms with Gasteiger partial charge in [-0.05, 0) is 43.1 Å². The normalized spacial score (nSPS) is 14.0. The first-order valence-electron chi connectivity index (χ1n) is 7.26. The van der Waals surface area contributed by atoms with Crippen LogP contribution in [0.25, 0.3) is 0 Å². The van der Waals surface area contributed by atoms with Crippen molar-refractivity contribution < 1.29 is 4.74 Å². The minimum atomic E-state index is 0.535. The molecule has 5 heteroatoms. The van der Waals surface area contributed by atoms with E-state index in [0.717, 1.165) is 48.6 Å². The minimum Gasteiger partial charge on any atom is -0.496 e. The molecule has 0 fully saturated rings. The van der Waals surface area contributed by atoms with Crippen molar-refractivity contribution in [2.45, 2.75) is 25.7 Å². The highest BCUT2D eigenvalue weighted by atomic mass is 32.1. The lowest BCUT2D eigenvalue weighted by atomic mass is 10.0. The molecular weight excluding hydrogens is 282 g/mol. The molecule has 1 aromatic heterocycles. The molecule has 110 valence electrons. The summed E-state index contributed by atoms with van der Waals surface area (Å²) in [5.41, 5.74) is 3.55. The number of aromatic amines is 1. The number of aromatic nitrogens is 2. The van der Waals surface area contributed by atoms with Gasteiger partial charge in [-0.1, -0.05) is 18.2 Å². The fraction of sp³-hybridized carbons (Fsp3) is 0.375. The standard InChI is InChI=1S/C16H19N3OS/c1-20-14-8-3-2-6-11(14)10-13-12-7-4-5-9-17-15(12)19-16(21)18-13/h2-3,6,8H,4-5,7,9-10H2,1H3,(H2,17,18,19,21). The summed E-state index contributed by atoms with van der Waals surface area (Å²) in [5.74, 6) is 1.85. The Labute approximate surface area is 129 Å². The lowest BCUT2D eigenvalue weighted by molar-refractivity contribution is 0.410. The first-order chi connectivity index (χ1) is 10.3. The predicted molar refractivity (Wildman–Crippen MR) is 86.6 cm³/mol. The minimum absolute atomic E-state index is 0.535. The number of ether oxygens (including phenoxy) is 1. The summed E-state index contributed by atoms with van der Waals surface area (Å²) in [5, 5.41) is 3.39. The molecule has 0 radical (unpaired) electrons. The van der Waals surface area contributed by atoms with Crippen LogP contribution in [0, 0.1) is 4.77 Å². The molecule has 0 saturated heterocycles. The Morgan fingerprint density at radius 1 is 1.29 bits per heavy atom. The monoisotopic (exact) mass is 301 g/mol. The maximum atomic E-state index is 5.45. The number of rotatable bonds is 3. The molecule has 0 spiro atoms. The van der Waals surface area contributed by atoms with E-state index in [1.54, 1.807) is 7.11 Å². The summed E-state index contributed by atoms with van der Waals surface area (Å²) < 4.78 is 5.98. The maximum Gasteiger partial charge on any atom is 0.198 e. The van der Waals surface area contributed by atoms with Gasteiger partial charge in [0.15, 0.2) is 4.77 Å². The number of benzene rings is 1. The Morgan fingerprint density at radius 3 is 3.00 bits per heavy atom. The Kier molecular flexibility index (Phi) is 4.20. The number of para-hydroxylation sites is 1. The summed E-state index contributed by atoms with van der Waals surface area (Å²) in [6, 6.07) is 8.10. The van der Waals surface area contributed by atoms with E-state index in [9.17, 15) is 0 Å². The van der Waals surface area contributed by atoms with Crippen molar-refractivity contribution >= 4 is 18.0 Å². The average molecular weight is 301 g/mol. The van der Waals surface area contributed by atoms with E-state index >= 15 is 0 Å². The highest BCUT2D eigenvalue weighted by Gasteiger charge is 2.15. The molecule has 1 aliphatic heterocycles. The van der Waals surface area contributed by atoms with Crippen molar-refractivity contribution in [2.75, 3.05) is 19.0 Å². The van der Waals surface area contributed by atoms with Gasteiger partial charge in [0.1, 0.15) is 11.6 Å². The molecule has 21 heavy (non-hydrogen) atoms. The molecule has 2 aromatic rings. The van der Waals surface area contributed by atoms with E-state index in [0.29, 0.717) is 4.77 Å². The van der Waals surface area contributed by atoms with Gasteiger partial charge in [0.2, 0.25) is 0 Å². The Balaban J connectivity index is 2.02. The van der Waals surface area contributed by atoms with Gasteiger partial charge in [-0.15, -0.1) is 0 Å². The van der Waals surface area contributed by atoms with E-state index in [1.165, 1.54) is 12.0 Å². The van der Waals surface area contributed by atoms with E-state index in [-0.39, 0.29) is 0 Å². The van der Waals surface area contributed by atoms with E-state index < -0.39 is 0 Å². The number of anilines is 1. The fourth-order valence-corrected chi connectivity index (χ4v) is 3.00. The highest BCUT2D eigenvalue weighted by Crippen LogP contribution is 2.26. The molecule has 0 bridgehead atoms. The van der Waals surface area contributed by atoms with Gasteiger partial charge in [0.25, 0.3) is 0 Å². The molecule has 1 aromatic carbocycles. The summed E-state index contributed by atoms with van der Waals surface area (Å²) >= 11 is 5.27. The van der Waals surface area contributed by atoms with Crippen LogP contribution in [0.3, 0.4) is 0 Å². The van der Waals surface area contributed by atoms with Gasteiger partial charge < -0.3 is 15.0 Å². The lowest BCUT2D eigenvalue weighted by Crippen LogP contribution is -2.08. The second-order valence-corrected chi connectivity index (χ2v) is 5.61. The average Bonchev–Trinajstić information content (AvgIpc) is 2.73. The van der Waals surface area contributed by atoms with E-state index in [1.807, 2.05) is 18.2 Å². The van der Waals surface area contributed by atoms with Crippen LogP contribution >= 0.6 is 12.2 Å². The number of hydrogen-bond donors (Lipinski definition) is 2. The summed E-state index contributed by atoms with van der Waals surface area (Å²) in [4.78, 5) is 7.71. The van der Waals surface area contributed by atoms with E-state index in [2.05, 4.69) is 21.4 Å². The van der Waals surface area contributed by atoms with Crippen molar-refractivity contribution in [3.8, 4) is 5.75 Å². The largest absolute Gasteiger partial charge is 0.496 e. The SMILES string of the molecule is COc1ccccc1Cc1[nH]c(=S)nc2c1CCCCN2. The summed E-state index contributed by atoms with van der Waals surface area (Å²) in [7, 11) is 1.70. The maximum absolute atomic E-state index is 5.45. The quantitative estimate of drug-likeness (QED) is 0.852.